The van der Waals surface area contributed by atoms with E-state index in [2.05, 4.69) is 20.3 Å². The number of hydrogen-bond acceptors (Lipinski definition) is 8. The monoisotopic (exact) mass is 409 g/mol. The van der Waals surface area contributed by atoms with Crippen molar-refractivity contribution in [2.24, 2.45) is 0 Å². The maximum Gasteiger partial charge on any atom is 0.234 e. The van der Waals surface area contributed by atoms with E-state index in [9.17, 15) is 4.79 Å². The van der Waals surface area contributed by atoms with E-state index in [4.69, 9.17) is 16.3 Å². The third kappa shape index (κ3) is 4.17. The first kappa shape index (κ1) is 18.7. The fourth-order valence-electron chi connectivity index (χ4n) is 2.11. The van der Waals surface area contributed by atoms with Crippen molar-refractivity contribution in [2.75, 3.05) is 37.2 Å². The van der Waals surface area contributed by atoms with Gasteiger partial charge in [-0.25, -0.2) is 9.97 Å². The molecule has 0 bridgehead atoms. The quantitative estimate of drug-likeness (QED) is 0.492. The van der Waals surface area contributed by atoms with Gasteiger partial charge in [-0.3, -0.25) is 4.79 Å². The number of carbonyl (C=O) groups is 1. The molecule has 0 aliphatic rings. The van der Waals surface area contributed by atoms with Gasteiger partial charge < -0.3 is 15.0 Å². The lowest BCUT2D eigenvalue weighted by atomic mass is 10.3. The second-order valence-corrected chi connectivity index (χ2v) is 7.78. The molecule has 2 heterocycles. The molecule has 136 valence electrons. The number of nitrogens with one attached hydrogen (secondary N) is 1. The zero-order valence-corrected chi connectivity index (χ0v) is 16.7. The minimum absolute atomic E-state index is 0.181. The number of fused-ring (bicyclic) bond motifs is 1. The second kappa shape index (κ2) is 8.07. The number of rotatable bonds is 6. The third-order valence-corrected chi connectivity index (χ3v) is 5.88. The Labute approximate surface area is 163 Å². The number of methoxy groups -OCH3 is 1. The van der Waals surface area contributed by atoms with Gasteiger partial charge in [0.1, 0.15) is 21.8 Å². The number of thiazole rings is 1. The van der Waals surface area contributed by atoms with Crippen molar-refractivity contribution in [2.45, 2.75) is 5.03 Å². The first-order valence-corrected chi connectivity index (χ1v) is 9.71. The van der Waals surface area contributed by atoms with Gasteiger partial charge in [-0.2, -0.15) is 4.98 Å². The van der Waals surface area contributed by atoms with Crippen LogP contribution in [-0.2, 0) is 4.79 Å². The van der Waals surface area contributed by atoms with E-state index >= 15 is 0 Å². The minimum atomic E-state index is -0.181. The summed E-state index contributed by atoms with van der Waals surface area (Å²) in [6, 6.07) is 5.06. The number of nitrogens with zero attached hydrogens (tertiary/aromatic N) is 4. The Morgan fingerprint density at radius 3 is 2.92 bits per heavy atom. The molecule has 7 nitrogen and oxygen atoms in total. The first-order valence-electron chi connectivity index (χ1n) is 7.53. The van der Waals surface area contributed by atoms with E-state index in [0.717, 1.165) is 14.9 Å². The summed E-state index contributed by atoms with van der Waals surface area (Å²) in [5.41, 5.74) is 1.17. The van der Waals surface area contributed by atoms with Crippen molar-refractivity contribution >= 4 is 61.8 Å². The van der Waals surface area contributed by atoms with Gasteiger partial charge in [0, 0.05) is 19.1 Å². The number of anilines is 2. The Kier molecular flexibility index (Phi) is 5.80. The standard InChI is InChI=1S/C16H16ClN5O2S2/c1-22(2)16-21-14-13(26-16)15(19-8-18-14)25-7-12(23)20-10-6-9(17)4-5-11(10)24-3/h4-6,8H,7H2,1-3H3,(H,20,23). The predicted octanol–water partition coefficient (Wildman–Crippen LogP) is 3.55. The van der Waals surface area contributed by atoms with Gasteiger partial charge in [0.15, 0.2) is 10.8 Å². The lowest BCUT2D eigenvalue weighted by molar-refractivity contribution is -0.113. The lowest BCUT2D eigenvalue weighted by Gasteiger charge is -2.10. The molecule has 0 fully saturated rings. The van der Waals surface area contributed by atoms with Crippen LogP contribution in [0.5, 0.6) is 5.75 Å². The summed E-state index contributed by atoms with van der Waals surface area (Å²) >= 11 is 8.82. The molecule has 0 atom stereocenters. The van der Waals surface area contributed by atoms with E-state index in [1.807, 2.05) is 19.0 Å². The number of carbonyl (C=O) groups excluding carboxylic acids is 1. The highest BCUT2D eigenvalue weighted by Crippen LogP contribution is 2.33. The summed E-state index contributed by atoms with van der Waals surface area (Å²) in [5.74, 6) is 0.562. The van der Waals surface area contributed by atoms with Crippen molar-refractivity contribution < 1.29 is 9.53 Å². The van der Waals surface area contributed by atoms with E-state index < -0.39 is 0 Å². The fraction of sp³-hybridized carbons (Fsp3) is 0.250. The molecular weight excluding hydrogens is 394 g/mol. The van der Waals surface area contributed by atoms with Crippen LogP contribution in [-0.4, -0.2) is 47.8 Å². The Morgan fingerprint density at radius 1 is 1.38 bits per heavy atom. The Balaban J connectivity index is 1.72. The van der Waals surface area contributed by atoms with Crippen LogP contribution >= 0.6 is 34.7 Å². The number of ether oxygens (including phenoxy) is 1. The molecule has 1 aromatic carbocycles. The van der Waals surface area contributed by atoms with Gasteiger partial charge in [0.05, 0.1) is 18.6 Å². The second-order valence-electron chi connectivity index (χ2n) is 5.40. The number of halogens is 1. The molecule has 10 heteroatoms. The molecular formula is C16H16ClN5O2S2. The number of aromatic nitrogens is 3. The van der Waals surface area contributed by atoms with Crippen molar-refractivity contribution in [1.82, 2.24) is 15.0 Å². The Morgan fingerprint density at radius 2 is 2.19 bits per heavy atom. The van der Waals surface area contributed by atoms with Crippen LogP contribution in [0.4, 0.5) is 10.8 Å². The first-order chi connectivity index (χ1) is 12.5. The molecule has 3 aromatic rings. The van der Waals surface area contributed by atoms with E-state index in [0.29, 0.717) is 22.1 Å². The highest BCUT2D eigenvalue weighted by Gasteiger charge is 2.14. The van der Waals surface area contributed by atoms with Crippen LogP contribution < -0.4 is 15.0 Å². The SMILES string of the molecule is COc1ccc(Cl)cc1NC(=O)CSc1ncnc2nc(N(C)C)sc12. The maximum absolute atomic E-state index is 12.3. The van der Waals surface area contributed by atoms with E-state index in [1.165, 1.54) is 36.5 Å². The van der Waals surface area contributed by atoms with Gasteiger partial charge in [-0.15, -0.1) is 0 Å². The van der Waals surface area contributed by atoms with Gasteiger partial charge >= 0.3 is 0 Å². The zero-order chi connectivity index (χ0) is 18.7. The number of thioether (sulfide) groups is 1. The highest BCUT2D eigenvalue weighted by atomic mass is 35.5. The van der Waals surface area contributed by atoms with Gasteiger partial charge in [-0.05, 0) is 18.2 Å². The summed E-state index contributed by atoms with van der Waals surface area (Å²) in [7, 11) is 5.38. The average molecular weight is 410 g/mol. The predicted molar refractivity (Wildman–Crippen MR) is 107 cm³/mol. The van der Waals surface area contributed by atoms with Gasteiger partial charge in [-0.1, -0.05) is 34.7 Å². The topological polar surface area (TPSA) is 80.2 Å². The Hall–Kier alpha value is -2.10. The average Bonchev–Trinajstić information content (AvgIpc) is 3.05. The van der Waals surface area contributed by atoms with Crippen LogP contribution in [0.2, 0.25) is 5.02 Å². The van der Waals surface area contributed by atoms with Crippen LogP contribution in [0.25, 0.3) is 10.3 Å². The third-order valence-electron chi connectivity index (χ3n) is 3.31. The summed E-state index contributed by atoms with van der Waals surface area (Å²) in [4.78, 5) is 27.2. The van der Waals surface area contributed by atoms with Crippen LogP contribution in [0, 0.1) is 0 Å². The molecule has 0 aliphatic carbocycles. The molecule has 0 radical (unpaired) electrons. The van der Waals surface area contributed by atoms with Gasteiger partial charge in [0.25, 0.3) is 0 Å². The van der Waals surface area contributed by atoms with Crippen molar-refractivity contribution in [3.63, 3.8) is 0 Å². The number of amides is 1. The highest BCUT2D eigenvalue weighted by molar-refractivity contribution is 8.00. The number of benzene rings is 1. The van der Waals surface area contributed by atoms with Crippen molar-refractivity contribution in [3.8, 4) is 5.75 Å². The molecule has 0 aliphatic heterocycles. The molecule has 1 N–H and O–H groups in total. The van der Waals surface area contributed by atoms with Crippen LogP contribution in [0.15, 0.2) is 29.6 Å². The molecule has 0 saturated heterocycles. The van der Waals surface area contributed by atoms with Crippen LogP contribution in [0.1, 0.15) is 0 Å². The molecule has 0 spiro atoms. The summed E-state index contributed by atoms with van der Waals surface area (Å²) < 4.78 is 6.10. The lowest BCUT2D eigenvalue weighted by Crippen LogP contribution is -2.14. The summed E-state index contributed by atoms with van der Waals surface area (Å²) in [6.45, 7) is 0. The molecule has 3 rings (SSSR count). The largest absolute Gasteiger partial charge is 0.495 e. The minimum Gasteiger partial charge on any atom is -0.495 e. The van der Waals surface area contributed by atoms with Crippen LogP contribution in [0.3, 0.4) is 0 Å². The Bertz CT molecular complexity index is 948. The normalized spacial score (nSPS) is 10.8. The molecule has 0 saturated carbocycles. The molecule has 2 aromatic heterocycles. The fourth-order valence-corrected chi connectivity index (χ4v) is 4.10. The summed E-state index contributed by atoms with van der Waals surface area (Å²) in [5, 5.41) is 4.90. The van der Waals surface area contributed by atoms with Gasteiger partial charge in [0.2, 0.25) is 5.91 Å². The van der Waals surface area contributed by atoms with Crippen molar-refractivity contribution in [1.29, 1.82) is 0 Å². The van der Waals surface area contributed by atoms with Crippen molar-refractivity contribution in [3.05, 3.63) is 29.5 Å². The summed E-state index contributed by atoms with van der Waals surface area (Å²) in [6.07, 6.45) is 1.46. The number of hydrogen-bond donors (Lipinski definition) is 1. The maximum atomic E-state index is 12.3. The smallest absolute Gasteiger partial charge is 0.234 e. The van der Waals surface area contributed by atoms with E-state index in [1.54, 1.807) is 18.2 Å². The molecule has 1 amide bonds. The zero-order valence-electron chi connectivity index (χ0n) is 14.3. The van der Waals surface area contributed by atoms with E-state index in [-0.39, 0.29) is 11.7 Å². The molecule has 0 unspecified atom stereocenters. The molecule has 26 heavy (non-hydrogen) atoms.